The second-order valence-electron chi connectivity index (χ2n) is 3.86. The second-order valence-corrected chi connectivity index (χ2v) is 4.27. The van der Waals surface area contributed by atoms with Gasteiger partial charge in [-0.15, -0.1) is 0 Å². The topological polar surface area (TPSA) is 45.1 Å². The molecule has 1 unspecified atom stereocenters. The van der Waals surface area contributed by atoms with Gasteiger partial charge < -0.3 is 10.4 Å². The summed E-state index contributed by atoms with van der Waals surface area (Å²) in [6.07, 6.45) is 4.03. The molecule has 0 aliphatic carbocycles. The van der Waals surface area contributed by atoms with Crippen LogP contribution in [0.4, 0.5) is 5.69 Å². The molecule has 0 aliphatic rings. The summed E-state index contributed by atoms with van der Waals surface area (Å²) < 4.78 is 0. The quantitative estimate of drug-likeness (QED) is 0.814. The van der Waals surface area contributed by atoms with Crippen LogP contribution in [0.3, 0.4) is 0 Å². The Bertz CT molecular complexity index is 304. The minimum Gasteiger partial charge on any atom is -0.396 e. The Morgan fingerprint density at radius 3 is 2.80 bits per heavy atom. The highest BCUT2D eigenvalue weighted by atomic mass is 35.5. The number of anilines is 1. The first-order chi connectivity index (χ1) is 7.15. The smallest absolute Gasteiger partial charge is 0.0820 e. The first-order valence-corrected chi connectivity index (χ1v) is 5.50. The third-order valence-electron chi connectivity index (χ3n) is 2.36. The highest BCUT2D eigenvalue weighted by molar-refractivity contribution is 6.33. The van der Waals surface area contributed by atoms with Gasteiger partial charge in [0.15, 0.2) is 0 Å². The Balaban J connectivity index is 2.69. The molecule has 84 valence electrons. The Morgan fingerprint density at radius 2 is 2.27 bits per heavy atom. The molecule has 1 aromatic rings. The normalized spacial score (nSPS) is 12.9. The van der Waals surface area contributed by atoms with Gasteiger partial charge in [0.2, 0.25) is 0 Å². The molecule has 0 radical (unpaired) electrons. The summed E-state index contributed by atoms with van der Waals surface area (Å²) in [5, 5.41) is 12.9. The lowest BCUT2D eigenvalue weighted by atomic mass is 10.0. The van der Waals surface area contributed by atoms with E-state index in [9.17, 15) is 0 Å². The molecule has 3 nitrogen and oxygen atoms in total. The average Bonchev–Trinajstić information content (AvgIpc) is 2.20. The standard InChI is InChI=1S/C11H17ClN2O/c1-8(2)10(4-6-15)14-11-3-5-13-7-9(11)12/h3,5,7-8,10,15H,4,6H2,1-2H3,(H,13,14). The van der Waals surface area contributed by atoms with Gasteiger partial charge in [-0.1, -0.05) is 25.4 Å². The maximum atomic E-state index is 8.95. The summed E-state index contributed by atoms with van der Waals surface area (Å²) >= 11 is 5.99. The van der Waals surface area contributed by atoms with Gasteiger partial charge >= 0.3 is 0 Å². The van der Waals surface area contributed by atoms with Gasteiger partial charge in [-0.05, 0) is 18.4 Å². The van der Waals surface area contributed by atoms with Gasteiger partial charge in [0.1, 0.15) is 0 Å². The lowest BCUT2D eigenvalue weighted by molar-refractivity contribution is 0.267. The molecule has 0 saturated carbocycles. The van der Waals surface area contributed by atoms with E-state index < -0.39 is 0 Å². The minimum absolute atomic E-state index is 0.179. The van der Waals surface area contributed by atoms with Gasteiger partial charge in [-0.25, -0.2) is 0 Å². The monoisotopic (exact) mass is 228 g/mol. The van der Waals surface area contributed by atoms with Crippen molar-refractivity contribution in [3.8, 4) is 0 Å². The average molecular weight is 229 g/mol. The lowest BCUT2D eigenvalue weighted by Crippen LogP contribution is -2.26. The van der Waals surface area contributed by atoms with E-state index in [2.05, 4.69) is 24.1 Å². The van der Waals surface area contributed by atoms with E-state index in [1.807, 2.05) is 6.07 Å². The molecule has 1 rings (SSSR count). The van der Waals surface area contributed by atoms with E-state index in [0.717, 1.165) is 12.1 Å². The molecular weight excluding hydrogens is 212 g/mol. The summed E-state index contributed by atoms with van der Waals surface area (Å²) in [6.45, 7) is 4.41. The lowest BCUT2D eigenvalue weighted by Gasteiger charge is -2.23. The molecule has 4 heteroatoms. The fourth-order valence-electron chi connectivity index (χ4n) is 1.40. The number of aromatic nitrogens is 1. The van der Waals surface area contributed by atoms with Gasteiger partial charge in [-0.2, -0.15) is 0 Å². The van der Waals surface area contributed by atoms with Gasteiger partial charge in [0.05, 0.1) is 10.7 Å². The van der Waals surface area contributed by atoms with Crippen LogP contribution in [0.5, 0.6) is 0 Å². The van der Waals surface area contributed by atoms with Crippen LogP contribution in [-0.4, -0.2) is 22.7 Å². The highest BCUT2D eigenvalue weighted by Gasteiger charge is 2.13. The van der Waals surface area contributed by atoms with E-state index >= 15 is 0 Å². The molecule has 0 aliphatic heterocycles. The number of halogens is 1. The van der Waals surface area contributed by atoms with Crippen molar-refractivity contribution < 1.29 is 5.11 Å². The van der Waals surface area contributed by atoms with Crippen LogP contribution in [0.15, 0.2) is 18.5 Å². The fraction of sp³-hybridized carbons (Fsp3) is 0.545. The zero-order valence-electron chi connectivity index (χ0n) is 9.07. The van der Waals surface area contributed by atoms with Crippen molar-refractivity contribution in [1.82, 2.24) is 4.98 Å². The van der Waals surface area contributed by atoms with Crippen molar-refractivity contribution in [2.75, 3.05) is 11.9 Å². The molecule has 1 heterocycles. The second kappa shape index (κ2) is 5.93. The van der Waals surface area contributed by atoms with Crippen LogP contribution in [0, 0.1) is 5.92 Å². The molecule has 1 atom stereocenters. The van der Waals surface area contributed by atoms with Crippen molar-refractivity contribution in [3.63, 3.8) is 0 Å². The number of nitrogens with zero attached hydrogens (tertiary/aromatic N) is 1. The van der Waals surface area contributed by atoms with Crippen molar-refractivity contribution in [2.45, 2.75) is 26.3 Å². The minimum atomic E-state index is 0.179. The Labute approximate surface area is 95.5 Å². The molecular formula is C11H17ClN2O. The van der Waals surface area contributed by atoms with Gasteiger partial charge in [-0.3, -0.25) is 4.98 Å². The van der Waals surface area contributed by atoms with Crippen molar-refractivity contribution in [3.05, 3.63) is 23.5 Å². The third kappa shape index (κ3) is 3.68. The molecule has 0 bridgehead atoms. The fourth-order valence-corrected chi connectivity index (χ4v) is 1.58. The molecule has 0 spiro atoms. The van der Waals surface area contributed by atoms with Crippen LogP contribution in [-0.2, 0) is 0 Å². The number of aliphatic hydroxyl groups excluding tert-OH is 1. The Hall–Kier alpha value is -0.800. The first-order valence-electron chi connectivity index (χ1n) is 5.12. The summed E-state index contributed by atoms with van der Waals surface area (Å²) in [7, 11) is 0. The van der Waals surface area contributed by atoms with Crippen LogP contribution >= 0.6 is 11.6 Å². The highest BCUT2D eigenvalue weighted by Crippen LogP contribution is 2.22. The summed E-state index contributed by atoms with van der Waals surface area (Å²) in [5.74, 6) is 0.446. The Kier molecular flexibility index (Phi) is 4.85. The van der Waals surface area contributed by atoms with Crippen LogP contribution in [0.1, 0.15) is 20.3 Å². The van der Waals surface area contributed by atoms with Crippen LogP contribution in [0.25, 0.3) is 0 Å². The van der Waals surface area contributed by atoms with Gasteiger partial charge in [0, 0.05) is 25.0 Å². The number of rotatable bonds is 5. The molecule has 0 fully saturated rings. The summed E-state index contributed by atoms with van der Waals surface area (Å²) in [6, 6.07) is 2.07. The zero-order valence-corrected chi connectivity index (χ0v) is 9.83. The molecule has 15 heavy (non-hydrogen) atoms. The number of hydrogen-bond acceptors (Lipinski definition) is 3. The van der Waals surface area contributed by atoms with Crippen LogP contribution in [0.2, 0.25) is 5.02 Å². The van der Waals surface area contributed by atoms with Crippen molar-refractivity contribution in [1.29, 1.82) is 0 Å². The number of aliphatic hydroxyl groups is 1. The first kappa shape index (κ1) is 12.3. The van der Waals surface area contributed by atoms with E-state index in [0.29, 0.717) is 10.9 Å². The van der Waals surface area contributed by atoms with E-state index in [-0.39, 0.29) is 12.6 Å². The molecule has 0 saturated heterocycles. The molecule has 2 N–H and O–H groups in total. The maximum absolute atomic E-state index is 8.95. The number of nitrogens with one attached hydrogen (secondary N) is 1. The number of hydrogen-bond donors (Lipinski definition) is 2. The van der Waals surface area contributed by atoms with Crippen LogP contribution < -0.4 is 5.32 Å². The predicted octanol–water partition coefficient (Wildman–Crippen LogP) is 2.55. The zero-order chi connectivity index (χ0) is 11.3. The van der Waals surface area contributed by atoms with E-state index in [4.69, 9.17) is 16.7 Å². The third-order valence-corrected chi connectivity index (χ3v) is 2.66. The summed E-state index contributed by atoms with van der Waals surface area (Å²) in [4.78, 5) is 3.92. The SMILES string of the molecule is CC(C)C(CCO)Nc1ccncc1Cl. The molecule has 0 amide bonds. The largest absolute Gasteiger partial charge is 0.396 e. The molecule has 0 aromatic carbocycles. The molecule has 1 aromatic heterocycles. The van der Waals surface area contributed by atoms with E-state index in [1.165, 1.54) is 0 Å². The van der Waals surface area contributed by atoms with Crippen molar-refractivity contribution in [2.24, 2.45) is 5.92 Å². The predicted molar refractivity (Wildman–Crippen MR) is 63.2 cm³/mol. The van der Waals surface area contributed by atoms with Gasteiger partial charge in [0.25, 0.3) is 0 Å². The Morgan fingerprint density at radius 1 is 1.53 bits per heavy atom. The maximum Gasteiger partial charge on any atom is 0.0820 e. The summed E-state index contributed by atoms with van der Waals surface area (Å²) in [5.41, 5.74) is 0.874. The van der Waals surface area contributed by atoms with Crippen molar-refractivity contribution >= 4 is 17.3 Å². The van der Waals surface area contributed by atoms with E-state index in [1.54, 1.807) is 12.4 Å². The number of pyridine rings is 1.